The van der Waals surface area contributed by atoms with Crippen LogP contribution in [0, 0.1) is 5.82 Å². The maximum Gasteiger partial charge on any atom is 0.129 e. The van der Waals surface area contributed by atoms with E-state index in [4.69, 9.17) is 16.3 Å². The van der Waals surface area contributed by atoms with Crippen molar-refractivity contribution < 1.29 is 9.13 Å². The van der Waals surface area contributed by atoms with Crippen LogP contribution in [-0.4, -0.2) is 14.2 Å². The quantitative estimate of drug-likeness (QED) is 0.865. The molecule has 0 radical (unpaired) electrons. The predicted molar refractivity (Wildman–Crippen MR) is 83.0 cm³/mol. The van der Waals surface area contributed by atoms with Crippen molar-refractivity contribution >= 4 is 27.5 Å². The molecule has 0 aliphatic carbocycles. The highest BCUT2D eigenvalue weighted by Crippen LogP contribution is 2.33. The van der Waals surface area contributed by atoms with Crippen molar-refractivity contribution in [3.63, 3.8) is 0 Å². The van der Waals surface area contributed by atoms with Gasteiger partial charge in [0.15, 0.2) is 0 Å². The summed E-state index contributed by atoms with van der Waals surface area (Å²) >= 11 is 9.23. The average molecular weight is 359 g/mol. The van der Waals surface area contributed by atoms with Gasteiger partial charge in [0.2, 0.25) is 0 Å². The first kappa shape index (κ1) is 15.3. The van der Waals surface area contributed by atoms with Gasteiger partial charge in [-0.25, -0.2) is 4.39 Å². The van der Waals surface area contributed by atoms with Crippen molar-refractivity contribution in [2.75, 3.05) is 14.2 Å². The fourth-order valence-corrected chi connectivity index (χ4v) is 2.68. The van der Waals surface area contributed by atoms with Crippen molar-refractivity contribution in [3.8, 4) is 5.75 Å². The van der Waals surface area contributed by atoms with E-state index in [-0.39, 0.29) is 11.9 Å². The Balaban J connectivity index is 2.54. The number of rotatable bonds is 4. The molecule has 0 saturated heterocycles. The second-order valence-electron chi connectivity index (χ2n) is 4.27. The van der Waals surface area contributed by atoms with Crippen molar-refractivity contribution in [1.82, 2.24) is 5.32 Å². The normalized spacial score (nSPS) is 12.2. The summed E-state index contributed by atoms with van der Waals surface area (Å²) < 4.78 is 20.4. The fourth-order valence-electron chi connectivity index (χ4n) is 2.14. The zero-order valence-electron chi connectivity index (χ0n) is 11.1. The molecule has 2 nitrogen and oxygen atoms in total. The van der Waals surface area contributed by atoms with E-state index in [1.54, 1.807) is 26.3 Å². The lowest BCUT2D eigenvalue weighted by atomic mass is 9.97. The summed E-state index contributed by atoms with van der Waals surface area (Å²) in [5.74, 6) is 0.348. The molecule has 0 aliphatic rings. The Kier molecular flexibility index (Phi) is 5.02. The van der Waals surface area contributed by atoms with E-state index in [1.165, 1.54) is 6.07 Å². The minimum Gasteiger partial charge on any atom is -0.496 e. The van der Waals surface area contributed by atoms with Gasteiger partial charge in [0.05, 0.1) is 13.2 Å². The topological polar surface area (TPSA) is 21.3 Å². The van der Waals surface area contributed by atoms with Gasteiger partial charge in [-0.05, 0) is 37.4 Å². The van der Waals surface area contributed by atoms with Crippen LogP contribution in [0.3, 0.4) is 0 Å². The van der Waals surface area contributed by atoms with Gasteiger partial charge in [0.1, 0.15) is 11.6 Å². The van der Waals surface area contributed by atoms with Crippen LogP contribution < -0.4 is 10.1 Å². The van der Waals surface area contributed by atoms with Crippen LogP contribution >= 0.6 is 27.5 Å². The van der Waals surface area contributed by atoms with E-state index in [0.717, 1.165) is 10.0 Å². The van der Waals surface area contributed by atoms with Gasteiger partial charge in [-0.2, -0.15) is 0 Å². The molecule has 2 aromatic carbocycles. The van der Waals surface area contributed by atoms with Gasteiger partial charge >= 0.3 is 0 Å². The first-order chi connectivity index (χ1) is 9.56. The van der Waals surface area contributed by atoms with Gasteiger partial charge in [-0.15, -0.1) is 0 Å². The SMILES string of the molecule is CNC(c1ccc(Cl)cc1F)c1cc(Br)ccc1OC. The highest BCUT2D eigenvalue weighted by molar-refractivity contribution is 9.10. The molecule has 1 N–H and O–H groups in total. The summed E-state index contributed by atoms with van der Waals surface area (Å²) in [5, 5.41) is 3.49. The van der Waals surface area contributed by atoms with Crippen LogP contribution in [0.5, 0.6) is 5.75 Å². The predicted octanol–water partition coefficient (Wildman–Crippen LogP) is 4.56. The summed E-state index contributed by atoms with van der Waals surface area (Å²) in [6, 6.07) is 9.98. The standard InChI is InChI=1S/C15H14BrClFNO/c1-19-15(11-5-4-10(17)8-13(11)18)12-7-9(16)3-6-14(12)20-2/h3-8,15,19H,1-2H3. The summed E-state index contributed by atoms with van der Waals surface area (Å²) in [7, 11) is 3.37. The number of benzene rings is 2. The maximum absolute atomic E-state index is 14.1. The summed E-state index contributed by atoms with van der Waals surface area (Å²) in [6.45, 7) is 0. The molecule has 0 aliphatic heterocycles. The third kappa shape index (κ3) is 3.14. The molecule has 0 spiro atoms. The van der Waals surface area contributed by atoms with Crippen LogP contribution in [0.25, 0.3) is 0 Å². The lowest BCUT2D eigenvalue weighted by Gasteiger charge is -2.21. The molecule has 5 heteroatoms. The molecule has 0 bridgehead atoms. The number of halogens is 3. The molecule has 0 aromatic heterocycles. The largest absolute Gasteiger partial charge is 0.496 e. The fraction of sp³-hybridized carbons (Fsp3) is 0.200. The van der Waals surface area contributed by atoms with Gasteiger partial charge in [0.25, 0.3) is 0 Å². The monoisotopic (exact) mass is 357 g/mol. The minimum absolute atomic E-state index is 0.320. The van der Waals surface area contributed by atoms with E-state index in [2.05, 4.69) is 21.2 Å². The van der Waals surface area contributed by atoms with Crippen LogP contribution in [0.1, 0.15) is 17.2 Å². The van der Waals surface area contributed by atoms with E-state index in [9.17, 15) is 4.39 Å². The van der Waals surface area contributed by atoms with Crippen LogP contribution in [0.4, 0.5) is 4.39 Å². The highest BCUT2D eigenvalue weighted by Gasteiger charge is 2.20. The van der Waals surface area contributed by atoms with Crippen molar-refractivity contribution in [1.29, 1.82) is 0 Å². The third-order valence-electron chi connectivity index (χ3n) is 3.06. The summed E-state index contributed by atoms with van der Waals surface area (Å²) in [4.78, 5) is 0. The van der Waals surface area contributed by atoms with Crippen molar-refractivity contribution in [2.24, 2.45) is 0 Å². The van der Waals surface area contributed by atoms with Crippen molar-refractivity contribution in [2.45, 2.75) is 6.04 Å². The Morgan fingerprint density at radius 1 is 1.20 bits per heavy atom. The molecule has 20 heavy (non-hydrogen) atoms. The van der Waals surface area contributed by atoms with Crippen LogP contribution in [-0.2, 0) is 0 Å². The number of hydrogen-bond acceptors (Lipinski definition) is 2. The summed E-state index contributed by atoms with van der Waals surface area (Å²) in [5.41, 5.74) is 1.37. The first-order valence-corrected chi connectivity index (χ1v) is 7.19. The maximum atomic E-state index is 14.1. The molecule has 106 valence electrons. The molecule has 1 atom stereocenters. The van der Waals surface area contributed by atoms with Gasteiger partial charge < -0.3 is 10.1 Å². The van der Waals surface area contributed by atoms with E-state index in [1.807, 2.05) is 18.2 Å². The second kappa shape index (κ2) is 6.57. The Morgan fingerprint density at radius 3 is 2.55 bits per heavy atom. The zero-order valence-corrected chi connectivity index (χ0v) is 13.4. The van der Waals surface area contributed by atoms with E-state index in [0.29, 0.717) is 16.3 Å². The van der Waals surface area contributed by atoms with Gasteiger partial charge in [-0.3, -0.25) is 0 Å². The van der Waals surface area contributed by atoms with Crippen molar-refractivity contribution in [3.05, 3.63) is 62.8 Å². The molecular formula is C15H14BrClFNO. The smallest absolute Gasteiger partial charge is 0.129 e. The van der Waals surface area contributed by atoms with E-state index < -0.39 is 0 Å². The number of methoxy groups -OCH3 is 1. The zero-order chi connectivity index (χ0) is 14.7. The Morgan fingerprint density at radius 2 is 1.95 bits per heavy atom. The van der Waals surface area contributed by atoms with Gasteiger partial charge in [-0.1, -0.05) is 33.6 Å². The molecule has 2 aromatic rings. The highest BCUT2D eigenvalue weighted by atomic mass is 79.9. The second-order valence-corrected chi connectivity index (χ2v) is 5.63. The molecule has 1 unspecified atom stereocenters. The van der Waals surface area contributed by atoms with Crippen LogP contribution in [0.15, 0.2) is 40.9 Å². The lowest BCUT2D eigenvalue weighted by molar-refractivity contribution is 0.404. The molecule has 0 fully saturated rings. The summed E-state index contributed by atoms with van der Waals surface area (Å²) in [6.07, 6.45) is 0. The molecule has 2 rings (SSSR count). The number of ether oxygens (including phenoxy) is 1. The Hall–Kier alpha value is -1.10. The Labute approximate surface area is 131 Å². The third-order valence-corrected chi connectivity index (χ3v) is 3.79. The van der Waals surface area contributed by atoms with E-state index >= 15 is 0 Å². The molecule has 0 saturated carbocycles. The molecule has 0 heterocycles. The molecular weight excluding hydrogens is 345 g/mol. The number of hydrogen-bond donors (Lipinski definition) is 1. The lowest BCUT2D eigenvalue weighted by Crippen LogP contribution is -2.19. The van der Waals surface area contributed by atoms with Gasteiger partial charge in [0, 0.05) is 20.6 Å². The van der Waals surface area contributed by atoms with Crippen LogP contribution in [0.2, 0.25) is 5.02 Å². The Bertz CT molecular complexity index is 621. The number of nitrogens with one attached hydrogen (secondary N) is 1. The molecule has 0 amide bonds. The minimum atomic E-state index is -0.348. The first-order valence-electron chi connectivity index (χ1n) is 6.02. The average Bonchev–Trinajstić information content (AvgIpc) is 2.42.